The summed E-state index contributed by atoms with van der Waals surface area (Å²) in [5.41, 5.74) is 0.863. The van der Waals surface area contributed by atoms with E-state index in [0.29, 0.717) is 10.6 Å². The number of ether oxygens (including phenoxy) is 1. The average molecular weight is 364 g/mol. The standard InChI is InChI=1S/C18H15F3N2O3/c1-26-17(25)12-7-3-2-6-11(12)15-22-14-9-5-4-8-13(14)16(24)23(15)10-18(19,20)21/h2-9,15,22H,10H2,1H3/t15-/m0/s1. The number of para-hydroxylation sites is 1. The third-order valence-electron chi connectivity index (χ3n) is 4.03. The Kier molecular flexibility index (Phi) is 4.58. The van der Waals surface area contributed by atoms with E-state index in [1.807, 2.05) is 0 Å². The van der Waals surface area contributed by atoms with Gasteiger partial charge < -0.3 is 15.0 Å². The Morgan fingerprint density at radius 3 is 2.50 bits per heavy atom. The van der Waals surface area contributed by atoms with Gasteiger partial charge in [0.25, 0.3) is 5.91 Å². The van der Waals surface area contributed by atoms with Gasteiger partial charge in [0.2, 0.25) is 0 Å². The van der Waals surface area contributed by atoms with Crippen LogP contribution in [0.4, 0.5) is 18.9 Å². The number of methoxy groups -OCH3 is 1. The highest BCUT2D eigenvalue weighted by Crippen LogP contribution is 2.36. The fourth-order valence-electron chi connectivity index (χ4n) is 2.93. The number of carbonyl (C=O) groups is 2. The monoisotopic (exact) mass is 364 g/mol. The Morgan fingerprint density at radius 1 is 1.15 bits per heavy atom. The molecule has 0 spiro atoms. The summed E-state index contributed by atoms with van der Waals surface area (Å²) in [4.78, 5) is 25.4. The molecule has 2 aromatic rings. The highest BCUT2D eigenvalue weighted by Gasteiger charge is 2.41. The van der Waals surface area contributed by atoms with Crippen LogP contribution < -0.4 is 5.32 Å². The molecule has 5 nitrogen and oxygen atoms in total. The number of alkyl halides is 3. The van der Waals surface area contributed by atoms with E-state index in [1.54, 1.807) is 30.3 Å². The predicted octanol–water partition coefficient (Wildman–Crippen LogP) is 3.60. The molecule has 0 unspecified atom stereocenters. The minimum Gasteiger partial charge on any atom is -0.465 e. The quantitative estimate of drug-likeness (QED) is 0.846. The summed E-state index contributed by atoms with van der Waals surface area (Å²) >= 11 is 0. The molecule has 1 N–H and O–H groups in total. The van der Waals surface area contributed by atoms with Crippen molar-refractivity contribution in [3.63, 3.8) is 0 Å². The lowest BCUT2D eigenvalue weighted by Crippen LogP contribution is -2.47. The molecule has 0 aromatic heterocycles. The van der Waals surface area contributed by atoms with E-state index in [2.05, 4.69) is 5.32 Å². The summed E-state index contributed by atoms with van der Waals surface area (Å²) in [7, 11) is 1.18. The number of esters is 1. The Balaban J connectivity index is 2.12. The Morgan fingerprint density at radius 2 is 1.81 bits per heavy atom. The number of hydrogen-bond donors (Lipinski definition) is 1. The minimum absolute atomic E-state index is 0.0897. The maximum Gasteiger partial charge on any atom is 0.406 e. The molecule has 1 atom stereocenters. The number of nitrogens with one attached hydrogen (secondary N) is 1. The number of benzene rings is 2. The summed E-state index contributed by atoms with van der Waals surface area (Å²) in [6.45, 7) is -1.45. The number of amides is 1. The van der Waals surface area contributed by atoms with Crippen LogP contribution in [0.15, 0.2) is 48.5 Å². The van der Waals surface area contributed by atoms with Gasteiger partial charge >= 0.3 is 12.1 Å². The summed E-state index contributed by atoms with van der Waals surface area (Å²) in [5.74, 6) is -1.46. The van der Waals surface area contributed by atoms with Crippen molar-refractivity contribution < 1.29 is 27.5 Å². The Labute approximate surface area is 147 Å². The van der Waals surface area contributed by atoms with Gasteiger partial charge in [-0.2, -0.15) is 13.2 Å². The highest BCUT2D eigenvalue weighted by atomic mass is 19.4. The zero-order valence-corrected chi connectivity index (χ0v) is 13.7. The lowest BCUT2D eigenvalue weighted by molar-refractivity contribution is -0.144. The maximum absolute atomic E-state index is 13.1. The van der Waals surface area contributed by atoms with Gasteiger partial charge in [0.15, 0.2) is 0 Å². The fourth-order valence-corrected chi connectivity index (χ4v) is 2.93. The largest absolute Gasteiger partial charge is 0.465 e. The van der Waals surface area contributed by atoms with Crippen LogP contribution in [0.2, 0.25) is 0 Å². The van der Waals surface area contributed by atoms with E-state index in [9.17, 15) is 22.8 Å². The van der Waals surface area contributed by atoms with Crippen LogP contribution in [0.1, 0.15) is 32.4 Å². The van der Waals surface area contributed by atoms with Crippen molar-refractivity contribution in [3.8, 4) is 0 Å². The molecule has 0 bridgehead atoms. The number of fused-ring (bicyclic) bond motifs is 1. The molecule has 2 aromatic carbocycles. The first-order chi connectivity index (χ1) is 12.3. The Hall–Kier alpha value is -3.03. The van der Waals surface area contributed by atoms with Crippen molar-refractivity contribution in [2.75, 3.05) is 19.0 Å². The molecule has 0 radical (unpaired) electrons. The lowest BCUT2D eigenvalue weighted by atomic mass is 9.99. The predicted molar refractivity (Wildman–Crippen MR) is 87.7 cm³/mol. The molecular weight excluding hydrogens is 349 g/mol. The lowest BCUT2D eigenvalue weighted by Gasteiger charge is -2.38. The zero-order chi connectivity index (χ0) is 18.9. The van der Waals surface area contributed by atoms with Gasteiger partial charge in [-0.15, -0.1) is 0 Å². The second kappa shape index (κ2) is 6.70. The molecule has 8 heteroatoms. The van der Waals surface area contributed by atoms with Crippen molar-refractivity contribution in [1.82, 2.24) is 4.90 Å². The molecule has 1 heterocycles. The molecule has 0 aliphatic carbocycles. The van der Waals surface area contributed by atoms with Crippen LogP contribution in [0, 0.1) is 0 Å². The maximum atomic E-state index is 13.1. The van der Waals surface area contributed by atoms with Crippen molar-refractivity contribution in [2.24, 2.45) is 0 Å². The van der Waals surface area contributed by atoms with Gasteiger partial charge in [-0.25, -0.2) is 4.79 Å². The first kappa shape index (κ1) is 17.8. The van der Waals surface area contributed by atoms with Crippen LogP contribution in [0.25, 0.3) is 0 Å². The molecule has 136 valence electrons. The van der Waals surface area contributed by atoms with Gasteiger partial charge in [0.05, 0.1) is 18.2 Å². The van der Waals surface area contributed by atoms with E-state index in [1.165, 1.54) is 25.3 Å². The molecule has 0 fully saturated rings. The number of halogens is 3. The normalized spacial score (nSPS) is 16.7. The van der Waals surface area contributed by atoms with Crippen LogP contribution in [0.5, 0.6) is 0 Å². The summed E-state index contributed by atoms with van der Waals surface area (Å²) in [5, 5.41) is 2.93. The average Bonchev–Trinajstić information content (AvgIpc) is 2.62. The van der Waals surface area contributed by atoms with Crippen molar-refractivity contribution in [3.05, 3.63) is 65.2 Å². The van der Waals surface area contributed by atoms with Crippen LogP contribution >= 0.6 is 0 Å². The molecule has 1 aliphatic heterocycles. The van der Waals surface area contributed by atoms with Gasteiger partial charge in [0, 0.05) is 11.3 Å². The summed E-state index contributed by atoms with van der Waals surface area (Å²) in [6, 6.07) is 12.4. The first-order valence-electron chi connectivity index (χ1n) is 7.72. The minimum atomic E-state index is -4.60. The van der Waals surface area contributed by atoms with Gasteiger partial charge in [-0.1, -0.05) is 30.3 Å². The van der Waals surface area contributed by atoms with Gasteiger partial charge in [-0.3, -0.25) is 4.79 Å². The van der Waals surface area contributed by atoms with E-state index >= 15 is 0 Å². The smallest absolute Gasteiger partial charge is 0.406 e. The molecular formula is C18H15F3N2O3. The molecule has 1 aliphatic rings. The number of hydrogen-bond acceptors (Lipinski definition) is 4. The van der Waals surface area contributed by atoms with Crippen LogP contribution in [-0.4, -0.2) is 36.6 Å². The van der Waals surface area contributed by atoms with Crippen molar-refractivity contribution >= 4 is 17.6 Å². The fraction of sp³-hybridized carbons (Fsp3) is 0.222. The zero-order valence-electron chi connectivity index (χ0n) is 13.7. The van der Waals surface area contributed by atoms with E-state index in [4.69, 9.17) is 4.74 Å². The molecule has 26 heavy (non-hydrogen) atoms. The first-order valence-corrected chi connectivity index (χ1v) is 7.72. The number of anilines is 1. The number of nitrogens with zero attached hydrogens (tertiary/aromatic N) is 1. The van der Waals surface area contributed by atoms with E-state index in [0.717, 1.165) is 0 Å². The second-order valence-electron chi connectivity index (χ2n) is 5.72. The van der Waals surface area contributed by atoms with Gasteiger partial charge in [-0.05, 0) is 18.2 Å². The second-order valence-corrected chi connectivity index (χ2v) is 5.72. The van der Waals surface area contributed by atoms with E-state index < -0.39 is 30.8 Å². The van der Waals surface area contributed by atoms with Crippen LogP contribution in [-0.2, 0) is 4.74 Å². The highest BCUT2D eigenvalue weighted by molar-refractivity contribution is 6.02. The number of carbonyl (C=O) groups excluding carboxylic acids is 2. The molecule has 0 saturated carbocycles. The third kappa shape index (κ3) is 3.35. The summed E-state index contributed by atoms with van der Waals surface area (Å²) < 4.78 is 44.0. The van der Waals surface area contributed by atoms with Gasteiger partial charge in [0.1, 0.15) is 12.7 Å². The number of rotatable bonds is 3. The Bertz CT molecular complexity index is 852. The van der Waals surface area contributed by atoms with E-state index in [-0.39, 0.29) is 16.7 Å². The van der Waals surface area contributed by atoms with Crippen LogP contribution in [0.3, 0.4) is 0 Å². The van der Waals surface area contributed by atoms with Crippen molar-refractivity contribution in [1.29, 1.82) is 0 Å². The molecule has 3 rings (SSSR count). The molecule has 1 amide bonds. The topological polar surface area (TPSA) is 58.6 Å². The molecule has 0 saturated heterocycles. The summed E-state index contributed by atoms with van der Waals surface area (Å²) in [6.07, 6.45) is -5.75. The third-order valence-corrected chi connectivity index (χ3v) is 4.03. The SMILES string of the molecule is COC(=O)c1ccccc1[C@H]1Nc2ccccc2C(=O)N1CC(F)(F)F. The van der Waals surface area contributed by atoms with Crippen molar-refractivity contribution in [2.45, 2.75) is 12.3 Å².